The number of aryl methyl sites for hydroxylation is 1. The molecule has 0 aliphatic carbocycles. The molecule has 18 heavy (non-hydrogen) atoms. The van der Waals surface area contributed by atoms with E-state index in [1.165, 1.54) is 0 Å². The van der Waals surface area contributed by atoms with Crippen molar-refractivity contribution in [1.29, 1.82) is 5.26 Å². The van der Waals surface area contributed by atoms with Crippen LogP contribution in [0, 0.1) is 18.3 Å². The van der Waals surface area contributed by atoms with E-state index in [4.69, 9.17) is 10.00 Å². The molecule has 0 fully saturated rings. The highest BCUT2D eigenvalue weighted by Crippen LogP contribution is 2.27. The van der Waals surface area contributed by atoms with Gasteiger partial charge in [0, 0.05) is 0 Å². The molecule has 0 saturated carbocycles. The van der Waals surface area contributed by atoms with Crippen LogP contribution in [-0.4, -0.2) is 6.61 Å². The summed E-state index contributed by atoms with van der Waals surface area (Å²) in [6, 6.07) is 15.9. The Morgan fingerprint density at radius 2 is 2.00 bits per heavy atom. The first-order valence-corrected chi connectivity index (χ1v) is 5.98. The van der Waals surface area contributed by atoms with E-state index in [0.717, 1.165) is 22.4 Å². The molecule has 0 spiro atoms. The van der Waals surface area contributed by atoms with Crippen molar-refractivity contribution in [2.75, 3.05) is 6.61 Å². The Balaban J connectivity index is 2.51. The van der Waals surface area contributed by atoms with Gasteiger partial charge in [0.1, 0.15) is 5.75 Å². The first-order valence-electron chi connectivity index (χ1n) is 5.98. The number of ether oxygens (including phenoxy) is 1. The molecule has 2 aromatic rings. The highest BCUT2D eigenvalue weighted by molar-refractivity contribution is 5.72. The predicted molar refractivity (Wildman–Crippen MR) is 72.5 cm³/mol. The SMILES string of the molecule is CCOc1cccc(-c2cc(C)ccc2C#N)c1. The molecule has 0 aliphatic rings. The van der Waals surface area contributed by atoms with Crippen LogP contribution < -0.4 is 4.74 Å². The molecule has 0 bridgehead atoms. The van der Waals surface area contributed by atoms with Crippen LogP contribution in [-0.2, 0) is 0 Å². The van der Waals surface area contributed by atoms with E-state index in [1.807, 2.05) is 56.3 Å². The van der Waals surface area contributed by atoms with Gasteiger partial charge in [-0.3, -0.25) is 0 Å². The molecule has 90 valence electrons. The number of benzene rings is 2. The summed E-state index contributed by atoms with van der Waals surface area (Å²) in [5.41, 5.74) is 3.81. The van der Waals surface area contributed by atoms with E-state index < -0.39 is 0 Å². The van der Waals surface area contributed by atoms with Gasteiger partial charge in [0.2, 0.25) is 0 Å². The molecule has 0 aromatic heterocycles. The summed E-state index contributed by atoms with van der Waals surface area (Å²) in [6.45, 7) is 4.62. The molecular formula is C16H15NO. The van der Waals surface area contributed by atoms with Gasteiger partial charge in [-0.2, -0.15) is 5.26 Å². The molecule has 2 aromatic carbocycles. The monoisotopic (exact) mass is 237 g/mol. The number of nitrogens with zero attached hydrogens (tertiary/aromatic N) is 1. The Morgan fingerprint density at radius 3 is 2.72 bits per heavy atom. The molecule has 0 atom stereocenters. The van der Waals surface area contributed by atoms with Crippen molar-refractivity contribution >= 4 is 0 Å². The zero-order valence-electron chi connectivity index (χ0n) is 10.6. The highest BCUT2D eigenvalue weighted by Gasteiger charge is 2.06. The van der Waals surface area contributed by atoms with Crippen molar-refractivity contribution < 1.29 is 4.74 Å². The first-order chi connectivity index (χ1) is 8.74. The fraction of sp³-hybridized carbons (Fsp3) is 0.188. The quantitative estimate of drug-likeness (QED) is 0.810. The second-order valence-electron chi connectivity index (χ2n) is 4.12. The van der Waals surface area contributed by atoms with Gasteiger partial charge in [-0.25, -0.2) is 0 Å². The van der Waals surface area contributed by atoms with Crippen molar-refractivity contribution in [1.82, 2.24) is 0 Å². The zero-order chi connectivity index (χ0) is 13.0. The Labute approximate surface area is 107 Å². The minimum atomic E-state index is 0.641. The zero-order valence-corrected chi connectivity index (χ0v) is 10.6. The molecule has 0 unspecified atom stereocenters. The Bertz CT molecular complexity index is 596. The second kappa shape index (κ2) is 5.37. The molecule has 2 rings (SSSR count). The lowest BCUT2D eigenvalue weighted by atomic mass is 9.98. The predicted octanol–water partition coefficient (Wildman–Crippen LogP) is 3.93. The normalized spacial score (nSPS) is 9.83. The van der Waals surface area contributed by atoms with Gasteiger partial charge in [0.15, 0.2) is 0 Å². The number of nitriles is 1. The lowest BCUT2D eigenvalue weighted by molar-refractivity contribution is 0.340. The summed E-state index contributed by atoms with van der Waals surface area (Å²) in [5, 5.41) is 9.16. The topological polar surface area (TPSA) is 33.0 Å². The molecule has 0 saturated heterocycles. The minimum Gasteiger partial charge on any atom is -0.494 e. The van der Waals surface area contributed by atoms with E-state index in [0.29, 0.717) is 12.2 Å². The standard InChI is InChI=1S/C16H15NO/c1-3-18-15-6-4-5-13(10-15)16-9-12(2)7-8-14(16)11-17/h4-10H,3H2,1-2H3. The van der Waals surface area contributed by atoms with Crippen molar-refractivity contribution in [3.8, 4) is 22.9 Å². The molecule has 0 radical (unpaired) electrons. The van der Waals surface area contributed by atoms with Crippen molar-refractivity contribution in [3.05, 3.63) is 53.6 Å². The van der Waals surface area contributed by atoms with Crippen LogP contribution in [0.1, 0.15) is 18.1 Å². The average molecular weight is 237 g/mol. The summed E-state index contributed by atoms with van der Waals surface area (Å²) < 4.78 is 5.49. The van der Waals surface area contributed by atoms with Crippen LogP contribution in [0.3, 0.4) is 0 Å². The van der Waals surface area contributed by atoms with E-state index in [2.05, 4.69) is 6.07 Å². The van der Waals surface area contributed by atoms with Crippen LogP contribution in [0.4, 0.5) is 0 Å². The van der Waals surface area contributed by atoms with Gasteiger partial charge in [0.25, 0.3) is 0 Å². The highest BCUT2D eigenvalue weighted by atomic mass is 16.5. The van der Waals surface area contributed by atoms with Crippen LogP contribution in [0.25, 0.3) is 11.1 Å². The molecule has 0 heterocycles. The summed E-state index contributed by atoms with van der Waals surface area (Å²) in [6.07, 6.45) is 0. The fourth-order valence-electron chi connectivity index (χ4n) is 1.91. The van der Waals surface area contributed by atoms with Crippen LogP contribution in [0.2, 0.25) is 0 Å². The maximum Gasteiger partial charge on any atom is 0.119 e. The lowest BCUT2D eigenvalue weighted by Crippen LogP contribution is -1.92. The van der Waals surface area contributed by atoms with Crippen LogP contribution >= 0.6 is 0 Å². The van der Waals surface area contributed by atoms with Crippen LogP contribution in [0.5, 0.6) is 5.75 Å². The molecule has 2 heteroatoms. The summed E-state index contributed by atoms with van der Waals surface area (Å²) in [4.78, 5) is 0. The Kier molecular flexibility index (Phi) is 3.64. The van der Waals surface area contributed by atoms with Crippen molar-refractivity contribution in [2.45, 2.75) is 13.8 Å². The Hall–Kier alpha value is -2.27. The Morgan fingerprint density at radius 1 is 1.17 bits per heavy atom. The van der Waals surface area contributed by atoms with Gasteiger partial charge in [-0.05, 0) is 43.2 Å². The van der Waals surface area contributed by atoms with Crippen molar-refractivity contribution in [3.63, 3.8) is 0 Å². The second-order valence-corrected chi connectivity index (χ2v) is 4.12. The van der Waals surface area contributed by atoms with E-state index in [1.54, 1.807) is 0 Å². The van der Waals surface area contributed by atoms with Crippen molar-refractivity contribution in [2.24, 2.45) is 0 Å². The summed E-state index contributed by atoms with van der Waals surface area (Å²) in [5.74, 6) is 0.834. The van der Waals surface area contributed by atoms with Gasteiger partial charge < -0.3 is 4.74 Å². The molecule has 0 N–H and O–H groups in total. The third-order valence-corrected chi connectivity index (χ3v) is 2.75. The largest absolute Gasteiger partial charge is 0.494 e. The average Bonchev–Trinajstić information content (AvgIpc) is 2.39. The number of hydrogen-bond donors (Lipinski definition) is 0. The first kappa shape index (κ1) is 12.2. The maximum absolute atomic E-state index is 9.16. The van der Waals surface area contributed by atoms with Gasteiger partial charge in [-0.15, -0.1) is 0 Å². The molecule has 2 nitrogen and oxygen atoms in total. The maximum atomic E-state index is 9.16. The lowest BCUT2D eigenvalue weighted by Gasteiger charge is -2.08. The summed E-state index contributed by atoms with van der Waals surface area (Å²) in [7, 11) is 0. The van der Waals surface area contributed by atoms with Gasteiger partial charge in [-0.1, -0.05) is 29.8 Å². The smallest absolute Gasteiger partial charge is 0.119 e. The minimum absolute atomic E-state index is 0.641. The summed E-state index contributed by atoms with van der Waals surface area (Å²) >= 11 is 0. The third kappa shape index (κ3) is 2.52. The molecular weight excluding hydrogens is 222 g/mol. The third-order valence-electron chi connectivity index (χ3n) is 2.75. The van der Waals surface area contributed by atoms with E-state index >= 15 is 0 Å². The van der Waals surface area contributed by atoms with Gasteiger partial charge in [0.05, 0.1) is 18.2 Å². The van der Waals surface area contributed by atoms with Crippen LogP contribution in [0.15, 0.2) is 42.5 Å². The molecule has 0 aliphatic heterocycles. The fourth-order valence-corrected chi connectivity index (χ4v) is 1.91. The number of rotatable bonds is 3. The number of hydrogen-bond acceptors (Lipinski definition) is 2. The molecule has 0 amide bonds. The van der Waals surface area contributed by atoms with Gasteiger partial charge >= 0.3 is 0 Å². The van der Waals surface area contributed by atoms with E-state index in [-0.39, 0.29) is 0 Å². The van der Waals surface area contributed by atoms with E-state index in [9.17, 15) is 0 Å².